The maximum absolute atomic E-state index is 13.5. The fraction of sp³-hybridized carbons (Fsp3) is 0.583. The van der Waals surface area contributed by atoms with Gasteiger partial charge in [-0.15, -0.1) is 0 Å². The monoisotopic (exact) mass is 507 g/mol. The number of hydrogen-bond acceptors (Lipinski definition) is 6. The summed E-state index contributed by atoms with van der Waals surface area (Å²) in [6, 6.07) is 6.15. The maximum Gasteiger partial charge on any atom is 0.419 e. The van der Waals surface area contributed by atoms with Gasteiger partial charge >= 0.3 is 12.1 Å². The summed E-state index contributed by atoms with van der Waals surface area (Å²) in [5.74, 6) is -3.97. The van der Waals surface area contributed by atoms with Crippen LogP contribution in [-0.2, 0) is 20.9 Å². The topological polar surface area (TPSA) is 134 Å². The predicted molar refractivity (Wildman–Crippen MR) is 124 cm³/mol. The standard InChI is InChI=1S/C24H31F2N5O5/c25-24(26)10-11-30(14-24)21(33)19(27)16-6-8-17(9-7-16)29-20(32)18-12-28-22(34)31(18)23(35)36-13-15-4-2-1-3-5-15/h1-5,16-19H,6-14,27H2,(H,28,34)(H,29,32)/t16-,17-,18-,19-/m0/s1. The maximum atomic E-state index is 13.5. The Bertz CT molecular complexity index is 986. The molecule has 10 nitrogen and oxygen atoms in total. The van der Waals surface area contributed by atoms with Crippen LogP contribution in [0.15, 0.2) is 30.3 Å². The molecule has 0 radical (unpaired) electrons. The Labute approximate surface area is 207 Å². The lowest BCUT2D eigenvalue weighted by Gasteiger charge is -2.34. The normalized spacial score (nSPS) is 26.3. The molecule has 1 saturated carbocycles. The molecular weight excluding hydrogens is 476 g/mol. The molecule has 2 atom stereocenters. The fourth-order valence-corrected chi connectivity index (χ4v) is 4.97. The van der Waals surface area contributed by atoms with Crippen LogP contribution in [0.3, 0.4) is 0 Å². The number of halogens is 2. The van der Waals surface area contributed by atoms with Gasteiger partial charge in [-0.05, 0) is 37.2 Å². The van der Waals surface area contributed by atoms with Crippen LogP contribution in [0.4, 0.5) is 18.4 Å². The molecule has 2 saturated heterocycles. The summed E-state index contributed by atoms with van der Waals surface area (Å²) in [5.41, 5.74) is 6.87. The third-order valence-electron chi connectivity index (χ3n) is 7.07. The lowest BCUT2D eigenvalue weighted by Crippen LogP contribution is -2.53. The highest BCUT2D eigenvalue weighted by Crippen LogP contribution is 2.31. The summed E-state index contributed by atoms with van der Waals surface area (Å²) in [5, 5.41) is 5.38. The SMILES string of the molecule is N[C@H](C(=O)N1CCC(F)(F)C1)[C@H]1CC[C@H](NC(=O)[C@@H]2CNC(=O)N2C(=O)OCc2ccccc2)CC1. The van der Waals surface area contributed by atoms with Gasteiger partial charge < -0.3 is 26.0 Å². The second-order valence-corrected chi connectivity index (χ2v) is 9.62. The van der Waals surface area contributed by atoms with Gasteiger partial charge in [-0.3, -0.25) is 9.59 Å². The summed E-state index contributed by atoms with van der Waals surface area (Å²) in [6.45, 7) is -0.650. The lowest BCUT2D eigenvalue weighted by molar-refractivity contribution is -0.134. The molecule has 12 heteroatoms. The second kappa shape index (κ2) is 10.8. The number of likely N-dealkylation sites (tertiary alicyclic amines) is 1. The molecule has 1 aromatic rings. The van der Waals surface area contributed by atoms with E-state index in [1.54, 1.807) is 24.3 Å². The zero-order chi connectivity index (χ0) is 25.9. The van der Waals surface area contributed by atoms with Crippen molar-refractivity contribution in [2.45, 2.75) is 62.8 Å². The Morgan fingerprint density at radius 2 is 1.86 bits per heavy atom. The van der Waals surface area contributed by atoms with Crippen LogP contribution in [-0.4, -0.2) is 77.4 Å². The van der Waals surface area contributed by atoms with Gasteiger partial charge in [0.2, 0.25) is 11.8 Å². The minimum absolute atomic E-state index is 0.00334. The van der Waals surface area contributed by atoms with Crippen LogP contribution >= 0.6 is 0 Å². The van der Waals surface area contributed by atoms with E-state index in [2.05, 4.69) is 10.6 Å². The molecule has 3 fully saturated rings. The third kappa shape index (κ3) is 5.92. The van der Waals surface area contributed by atoms with Gasteiger partial charge in [-0.1, -0.05) is 30.3 Å². The first-order valence-electron chi connectivity index (χ1n) is 12.1. The van der Waals surface area contributed by atoms with Crippen LogP contribution in [0, 0.1) is 5.92 Å². The van der Waals surface area contributed by atoms with Crippen LogP contribution < -0.4 is 16.4 Å². The number of nitrogens with zero attached hydrogens (tertiary/aromatic N) is 2. The van der Waals surface area contributed by atoms with Crippen molar-refractivity contribution in [2.75, 3.05) is 19.6 Å². The molecule has 0 spiro atoms. The number of amides is 5. The number of nitrogens with one attached hydrogen (secondary N) is 2. The summed E-state index contributed by atoms with van der Waals surface area (Å²) in [6.07, 6.45) is 0.925. The Morgan fingerprint density at radius 1 is 1.17 bits per heavy atom. The van der Waals surface area contributed by atoms with E-state index in [9.17, 15) is 28.0 Å². The van der Waals surface area contributed by atoms with Gasteiger partial charge in [0.25, 0.3) is 5.92 Å². The number of carbonyl (C=O) groups is 4. The first-order valence-corrected chi connectivity index (χ1v) is 12.1. The minimum atomic E-state index is -2.87. The number of imide groups is 1. The third-order valence-corrected chi connectivity index (χ3v) is 7.07. The molecule has 4 rings (SSSR count). The molecule has 3 aliphatic rings. The molecule has 5 amide bonds. The molecule has 0 aromatic heterocycles. The van der Waals surface area contributed by atoms with Crippen molar-refractivity contribution in [1.82, 2.24) is 20.4 Å². The molecule has 2 heterocycles. The van der Waals surface area contributed by atoms with E-state index in [1.807, 2.05) is 6.07 Å². The number of nitrogens with two attached hydrogens (primary N) is 1. The highest BCUT2D eigenvalue weighted by molar-refractivity contribution is 6.00. The predicted octanol–water partition coefficient (Wildman–Crippen LogP) is 1.59. The number of ether oxygens (including phenoxy) is 1. The number of alkyl halides is 2. The van der Waals surface area contributed by atoms with Crippen LogP contribution in [0.25, 0.3) is 0 Å². The number of hydrogen-bond donors (Lipinski definition) is 3. The van der Waals surface area contributed by atoms with Gasteiger partial charge in [0.15, 0.2) is 0 Å². The van der Waals surface area contributed by atoms with E-state index in [0.717, 1.165) is 15.4 Å². The number of rotatable bonds is 6. The van der Waals surface area contributed by atoms with E-state index < -0.39 is 48.5 Å². The van der Waals surface area contributed by atoms with Crippen molar-refractivity contribution in [3.8, 4) is 0 Å². The zero-order valence-corrected chi connectivity index (χ0v) is 19.8. The fourth-order valence-electron chi connectivity index (χ4n) is 4.97. The largest absolute Gasteiger partial charge is 0.444 e. The Kier molecular flexibility index (Phi) is 7.72. The summed E-state index contributed by atoms with van der Waals surface area (Å²) in [7, 11) is 0. The average molecular weight is 508 g/mol. The minimum Gasteiger partial charge on any atom is -0.444 e. The Hall–Kier alpha value is -3.28. The van der Waals surface area contributed by atoms with Crippen LogP contribution in [0.2, 0.25) is 0 Å². The van der Waals surface area contributed by atoms with Crippen molar-refractivity contribution < 1.29 is 32.7 Å². The van der Waals surface area contributed by atoms with Gasteiger partial charge in [-0.25, -0.2) is 23.3 Å². The van der Waals surface area contributed by atoms with Crippen LogP contribution in [0.1, 0.15) is 37.7 Å². The molecule has 0 unspecified atom stereocenters. The van der Waals surface area contributed by atoms with Crippen molar-refractivity contribution in [2.24, 2.45) is 11.7 Å². The molecular formula is C24H31F2N5O5. The number of carbonyl (C=O) groups excluding carboxylic acids is 4. The zero-order valence-electron chi connectivity index (χ0n) is 19.8. The summed E-state index contributed by atoms with van der Waals surface area (Å²) < 4.78 is 32.1. The van der Waals surface area contributed by atoms with E-state index in [-0.39, 0.29) is 38.1 Å². The van der Waals surface area contributed by atoms with Crippen molar-refractivity contribution in [3.63, 3.8) is 0 Å². The molecule has 0 bridgehead atoms. The summed E-state index contributed by atoms with van der Waals surface area (Å²) in [4.78, 5) is 52.1. The van der Waals surface area contributed by atoms with Crippen LogP contribution in [0.5, 0.6) is 0 Å². The molecule has 1 aromatic carbocycles. The van der Waals surface area contributed by atoms with Gasteiger partial charge in [0, 0.05) is 25.6 Å². The van der Waals surface area contributed by atoms with Gasteiger partial charge in [0.1, 0.15) is 12.6 Å². The molecule has 1 aliphatic carbocycles. The Morgan fingerprint density at radius 3 is 2.50 bits per heavy atom. The average Bonchev–Trinajstić information content (AvgIpc) is 3.44. The molecule has 2 aliphatic heterocycles. The van der Waals surface area contributed by atoms with E-state index in [1.165, 1.54) is 0 Å². The first kappa shape index (κ1) is 25.8. The smallest absolute Gasteiger partial charge is 0.419 e. The van der Waals surface area contributed by atoms with E-state index in [4.69, 9.17) is 10.5 Å². The highest BCUT2D eigenvalue weighted by atomic mass is 19.3. The van der Waals surface area contributed by atoms with E-state index >= 15 is 0 Å². The van der Waals surface area contributed by atoms with E-state index in [0.29, 0.717) is 25.7 Å². The molecule has 196 valence electrons. The van der Waals surface area contributed by atoms with Gasteiger partial charge in [0.05, 0.1) is 12.6 Å². The molecule has 36 heavy (non-hydrogen) atoms. The van der Waals surface area contributed by atoms with Crippen molar-refractivity contribution in [3.05, 3.63) is 35.9 Å². The quantitative estimate of drug-likeness (QED) is 0.535. The lowest BCUT2D eigenvalue weighted by atomic mass is 9.81. The summed E-state index contributed by atoms with van der Waals surface area (Å²) >= 11 is 0. The first-order chi connectivity index (χ1) is 17.1. The van der Waals surface area contributed by atoms with Gasteiger partial charge in [-0.2, -0.15) is 0 Å². The van der Waals surface area contributed by atoms with Crippen molar-refractivity contribution >= 4 is 23.9 Å². The Balaban J connectivity index is 1.25. The second-order valence-electron chi connectivity index (χ2n) is 9.62. The highest BCUT2D eigenvalue weighted by Gasteiger charge is 2.44. The molecule has 4 N–H and O–H groups in total. The number of urea groups is 1. The van der Waals surface area contributed by atoms with Crippen molar-refractivity contribution in [1.29, 1.82) is 0 Å². The number of benzene rings is 1.